The Morgan fingerprint density at radius 3 is 2.45 bits per heavy atom. The summed E-state index contributed by atoms with van der Waals surface area (Å²) in [7, 11) is 0. The maximum Gasteiger partial charge on any atom is 0.326 e. The van der Waals surface area contributed by atoms with Gasteiger partial charge in [-0.2, -0.15) is 0 Å². The highest BCUT2D eigenvalue weighted by Gasteiger charge is 2.43. The number of likely N-dealkylation sites (tertiary alicyclic amines) is 1. The molecule has 0 aromatic heterocycles. The van der Waals surface area contributed by atoms with Gasteiger partial charge in [-0.3, -0.25) is 4.79 Å². The number of hydrogen-bond acceptors (Lipinski definition) is 6. The van der Waals surface area contributed by atoms with Crippen molar-refractivity contribution in [2.75, 3.05) is 26.4 Å². The molecule has 1 unspecified atom stereocenters. The van der Waals surface area contributed by atoms with Crippen LogP contribution in [-0.4, -0.2) is 77.4 Å². The number of nitrogens with one attached hydrogen (secondary N) is 1. The number of carbonyl (C=O) groups excluding carboxylic acids is 2. The fourth-order valence-electron chi connectivity index (χ4n) is 4.79. The number of carbonyl (C=O) groups is 3. The van der Waals surface area contributed by atoms with E-state index in [1.165, 1.54) is 4.90 Å². The lowest BCUT2D eigenvalue weighted by molar-refractivity contribution is -0.149. The zero-order valence-corrected chi connectivity index (χ0v) is 23.1. The highest BCUT2D eigenvalue weighted by atomic mass is 16.7. The number of nitrogens with zero attached hydrogens (tertiary/aromatic N) is 2. The molecule has 3 atom stereocenters. The molecule has 0 aliphatic carbocycles. The van der Waals surface area contributed by atoms with Crippen LogP contribution in [-0.2, 0) is 20.9 Å². The Balaban J connectivity index is 1.67. The van der Waals surface area contributed by atoms with Crippen molar-refractivity contribution in [2.45, 2.75) is 91.0 Å². The van der Waals surface area contributed by atoms with Crippen LogP contribution in [0.2, 0.25) is 0 Å². The Morgan fingerprint density at radius 1 is 1.13 bits per heavy atom. The monoisotopic (exact) mass is 533 g/mol. The van der Waals surface area contributed by atoms with E-state index in [-0.39, 0.29) is 44.2 Å². The molecule has 38 heavy (non-hydrogen) atoms. The van der Waals surface area contributed by atoms with Gasteiger partial charge >= 0.3 is 12.0 Å². The van der Waals surface area contributed by atoms with Gasteiger partial charge in [-0.15, -0.1) is 0 Å². The topological polar surface area (TPSA) is 118 Å². The van der Waals surface area contributed by atoms with Crippen LogP contribution >= 0.6 is 0 Å². The molecule has 2 aliphatic rings. The number of rotatable bonds is 14. The fourth-order valence-corrected chi connectivity index (χ4v) is 4.79. The number of amides is 3. The minimum Gasteiger partial charge on any atom is -0.480 e. The highest BCUT2D eigenvalue weighted by Crippen LogP contribution is 2.33. The van der Waals surface area contributed by atoms with Gasteiger partial charge in [-0.1, -0.05) is 46.6 Å². The number of unbranched alkanes of at least 4 members (excludes halogenated alkanes) is 2. The molecule has 2 N–H and O–H groups in total. The van der Waals surface area contributed by atoms with Crippen LogP contribution in [0.25, 0.3) is 0 Å². The van der Waals surface area contributed by atoms with E-state index in [0.29, 0.717) is 31.0 Å². The molecule has 3 amide bonds. The molecule has 1 fully saturated rings. The van der Waals surface area contributed by atoms with Crippen molar-refractivity contribution in [3.63, 3.8) is 0 Å². The van der Waals surface area contributed by atoms with Gasteiger partial charge in [-0.05, 0) is 42.9 Å². The van der Waals surface area contributed by atoms with E-state index in [0.717, 1.165) is 31.2 Å². The summed E-state index contributed by atoms with van der Waals surface area (Å²) in [6, 6.07) is 3.44. The number of urea groups is 1. The average Bonchev–Trinajstić information content (AvgIpc) is 3.53. The van der Waals surface area contributed by atoms with Gasteiger partial charge < -0.3 is 34.4 Å². The van der Waals surface area contributed by atoms with Crippen molar-refractivity contribution in [3.8, 4) is 11.5 Å². The average molecular weight is 534 g/mol. The molecule has 2 heterocycles. The highest BCUT2D eigenvalue weighted by molar-refractivity contribution is 5.90. The molecule has 10 heteroatoms. The summed E-state index contributed by atoms with van der Waals surface area (Å²) >= 11 is 0. The quantitative estimate of drug-likeness (QED) is 0.371. The molecule has 1 saturated heterocycles. The van der Waals surface area contributed by atoms with Gasteiger partial charge in [-0.25, -0.2) is 9.59 Å². The van der Waals surface area contributed by atoms with E-state index in [9.17, 15) is 19.5 Å². The van der Waals surface area contributed by atoms with Crippen LogP contribution < -0.4 is 14.8 Å². The Morgan fingerprint density at radius 2 is 1.82 bits per heavy atom. The van der Waals surface area contributed by atoms with E-state index >= 15 is 0 Å². The zero-order chi connectivity index (χ0) is 27.7. The Labute approximate surface area is 225 Å². The molecule has 2 aliphatic heterocycles. The third-order valence-corrected chi connectivity index (χ3v) is 6.91. The first-order valence-corrected chi connectivity index (χ1v) is 13.8. The second-order valence-electron chi connectivity index (χ2n) is 10.5. The van der Waals surface area contributed by atoms with E-state index < -0.39 is 24.2 Å². The predicted molar refractivity (Wildman–Crippen MR) is 142 cm³/mol. The number of hydrogen-bond donors (Lipinski definition) is 2. The Bertz CT molecular complexity index is 946. The molecule has 0 bridgehead atoms. The molecule has 0 saturated carbocycles. The van der Waals surface area contributed by atoms with Crippen LogP contribution in [0.5, 0.6) is 11.5 Å². The van der Waals surface area contributed by atoms with Gasteiger partial charge in [0, 0.05) is 26.1 Å². The molecule has 212 valence electrons. The maximum atomic E-state index is 13.7. The van der Waals surface area contributed by atoms with Gasteiger partial charge in [0.2, 0.25) is 12.7 Å². The van der Waals surface area contributed by atoms with Gasteiger partial charge in [0.05, 0.1) is 12.7 Å². The molecule has 0 spiro atoms. The number of carboxylic acids is 1. The van der Waals surface area contributed by atoms with Gasteiger partial charge in [0.15, 0.2) is 11.5 Å². The van der Waals surface area contributed by atoms with Gasteiger partial charge in [0.1, 0.15) is 12.1 Å². The summed E-state index contributed by atoms with van der Waals surface area (Å²) in [6.07, 6.45) is 3.87. The zero-order valence-electron chi connectivity index (χ0n) is 23.1. The van der Waals surface area contributed by atoms with E-state index in [2.05, 4.69) is 19.2 Å². The lowest BCUT2D eigenvalue weighted by Gasteiger charge is -2.30. The van der Waals surface area contributed by atoms with Crippen molar-refractivity contribution in [2.24, 2.45) is 5.92 Å². The van der Waals surface area contributed by atoms with E-state index in [4.69, 9.17) is 14.2 Å². The molecular formula is C28H43N3O7. The lowest BCUT2D eigenvalue weighted by atomic mass is 10.0. The number of carboxylic acid groups (broad SMARTS) is 1. The van der Waals surface area contributed by atoms with Crippen molar-refractivity contribution < 1.29 is 33.7 Å². The largest absolute Gasteiger partial charge is 0.480 e. The first-order valence-electron chi connectivity index (χ1n) is 13.8. The summed E-state index contributed by atoms with van der Waals surface area (Å²) < 4.78 is 16.8. The van der Waals surface area contributed by atoms with Crippen molar-refractivity contribution >= 4 is 17.9 Å². The Hall–Kier alpha value is -3.01. The van der Waals surface area contributed by atoms with Crippen LogP contribution in [0.4, 0.5) is 4.79 Å². The van der Waals surface area contributed by atoms with E-state index in [1.807, 2.05) is 32.0 Å². The first kappa shape index (κ1) is 29.5. The minimum atomic E-state index is -1.07. The standard InChI is InChI=1S/C28H43N3O7/c1-5-7-11-30(12-8-6-2)28(35)29-22(13-19(3)4)26(32)31-16-21(15-23(31)27(33)34)36-17-20-9-10-24-25(14-20)38-18-37-24/h9-10,14,19,21-23H,5-8,11-13,15-18H2,1-4H3,(H,29,35)(H,33,34)/t21-,22?,23+/m1/s1. The molecule has 10 nitrogen and oxygen atoms in total. The SMILES string of the molecule is CCCCN(CCCC)C(=O)NC(CC(C)C)C(=O)N1C[C@H](OCc2ccc3c(c2)OCO3)C[C@H]1C(=O)O. The summed E-state index contributed by atoms with van der Waals surface area (Å²) in [4.78, 5) is 42.1. The Kier molecular flexibility index (Phi) is 11.1. The number of aliphatic carboxylic acids is 1. The van der Waals surface area contributed by atoms with Crippen LogP contribution in [0.15, 0.2) is 18.2 Å². The molecule has 3 rings (SSSR count). The van der Waals surface area contributed by atoms with E-state index in [1.54, 1.807) is 4.90 Å². The smallest absolute Gasteiger partial charge is 0.326 e. The lowest BCUT2D eigenvalue weighted by Crippen LogP contribution is -2.55. The van der Waals surface area contributed by atoms with Crippen LogP contribution in [0.1, 0.15) is 71.8 Å². The minimum absolute atomic E-state index is 0.132. The second-order valence-corrected chi connectivity index (χ2v) is 10.5. The molecule has 1 aromatic carbocycles. The normalized spacial score (nSPS) is 19.0. The second kappa shape index (κ2) is 14.2. The van der Waals surface area contributed by atoms with Crippen LogP contribution in [0, 0.1) is 5.92 Å². The number of fused-ring (bicyclic) bond motifs is 1. The molecular weight excluding hydrogens is 490 g/mol. The molecule has 0 radical (unpaired) electrons. The summed E-state index contributed by atoms with van der Waals surface area (Å²) in [5.41, 5.74) is 0.870. The summed E-state index contributed by atoms with van der Waals surface area (Å²) in [6.45, 7) is 9.96. The number of ether oxygens (including phenoxy) is 3. The van der Waals surface area contributed by atoms with Crippen molar-refractivity contribution in [1.82, 2.24) is 15.1 Å². The van der Waals surface area contributed by atoms with Gasteiger partial charge in [0.25, 0.3) is 0 Å². The van der Waals surface area contributed by atoms with Crippen LogP contribution in [0.3, 0.4) is 0 Å². The molecule has 1 aromatic rings. The van der Waals surface area contributed by atoms with Crippen molar-refractivity contribution in [3.05, 3.63) is 23.8 Å². The first-order chi connectivity index (χ1) is 18.2. The summed E-state index contributed by atoms with van der Waals surface area (Å²) in [5, 5.41) is 12.8. The third kappa shape index (κ3) is 7.99. The maximum absolute atomic E-state index is 13.7. The fraction of sp³-hybridized carbons (Fsp3) is 0.679. The predicted octanol–water partition coefficient (Wildman–Crippen LogP) is 4.01. The summed E-state index contributed by atoms with van der Waals surface area (Å²) in [5.74, 6) is 0.0117. The third-order valence-electron chi connectivity index (χ3n) is 6.91. The van der Waals surface area contributed by atoms with Crippen molar-refractivity contribution in [1.29, 1.82) is 0 Å². The number of benzene rings is 1.